The lowest BCUT2D eigenvalue weighted by Crippen LogP contribution is -2.55. The Labute approximate surface area is 362 Å². The molecule has 302 valence electrons. The summed E-state index contributed by atoms with van der Waals surface area (Å²) in [6.07, 6.45) is 0. The van der Waals surface area contributed by atoms with Crippen molar-refractivity contribution < 1.29 is 0 Å². The van der Waals surface area contributed by atoms with Crippen molar-refractivity contribution in [2.75, 3.05) is 9.80 Å². The summed E-state index contributed by atoms with van der Waals surface area (Å²) in [6.45, 7) is 22.7. The van der Waals surface area contributed by atoms with Crippen LogP contribution in [0.15, 0.2) is 152 Å². The number of anilines is 6. The molecule has 2 aliphatic rings. The zero-order chi connectivity index (χ0) is 42.6. The van der Waals surface area contributed by atoms with Crippen LogP contribution in [0.5, 0.6) is 0 Å². The highest BCUT2D eigenvalue weighted by Crippen LogP contribution is 2.44. The molecule has 4 nitrogen and oxygen atoms in total. The second-order valence-corrected chi connectivity index (χ2v) is 20.3. The molecule has 0 radical (unpaired) electrons. The van der Waals surface area contributed by atoms with E-state index in [4.69, 9.17) is 4.98 Å². The van der Waals surface area contributed by atoms with Gasteiger partial charge in [0.25, 0.3) is 6.71 Å². The standard InChI is InChI=1S/C56H55BN4/c1-36-32-50-52-51(33-36)61-49-34-38(37-16-19-39(20-17-37)54(2,3)4)18-31-47(49)58-53(61)57(52)46-30-29-45(35-48(46)60(50)42-14-12-11-13-15-42)59(43-25-21-40(22-26-43)55(5,6)7)44-27-23-41(24-28-44)56(8,9)10/h11-35H,1-10H3. The number of aromatic nitrogens is 2. The number of aryl methyl sites for hydroxylation is 1. The summed E-state index contributed by atoms with van der Waals surface area (Å²) in [6, 6.07) is 56.9. The van der Waals surface area contributed by atoms with Gasteiger partial charge in [0.1, 0.15) is 0 Å². The molecule has 7 aromatic carbocycles. The predicted octanol–water partition coefficient (Wildman–Crippen LogP) is 13.0. The number of imidazole rings is 1. The molecule has 5 heteroatoms. The number of rotatable bonds is 5. The largest absolute Gasteiger partial charge is 0.311 e. The number of benzene rings is 7. The molecule has 0 amide bonds. The minimum atomic E-state index is -0.0258. The third-order valence-corrected chi connectivity index (χ3v) is 12.9. The Balaban J connectivity index is 1.17. The highest BCUT2D eigenvalue weighted by Gasteiger charge is 2.45. The molecule has 0 N–H and O–H groups in total. The lowest BCUT2D eigenvalue weighted by molar-refractivity contribution is 0.590. The molecule has 0 bridgehead atoms. The van der Waals surface area contributed by atoms with Gasteiger partial charge < -0.3 is 14.4 Å². The summed E-state index contributed by atoms with van der Waals surface area (Å²) in [4.78, 5) is 10.4. The molecule has 0 fully saturated rings. The van der Waals surface area contributed by atoms with Crippen molar-refractivity contribution in [3.05, 3.63) is 174 Å². The number of hydrogen-bond donors (Lipinski definition) is 0. The quantitative estimate of drug-likeness (QED) is 0.162. The van der Waals surface area contributed by atoms with Crippen LogP contribution in [0.25, 0.3) is 27.8 Å². The molecule has 0 unspecified atom stereocenters. The Hall–Kier alpha value is -6.33. The van der Waals surface area contributed by atoms with E-state index in [-0.39, 0.29) is 23.0 Å². The lowest BCUT2D eigenvalue weighted by Gasteiger charge is -2.37. The zero-order valence-corrected chi connectivity index (χ0v) is 37.3. The number of hydrogen-bond acceptors (Lipinski definition) is 3. The molecule has 61 heavy (non-hydrogen) atoms. The van der Waals surface area contributed by atoms with Crippen molar-refractivity contribution in [2.24, 2.45) is 0 Å². The smallest absolute Gasteiger partial charge is 0.294 e. The molecule has 3 heterocycles. The van der Waals surface area contributed by atoms with Gasteiger partial charge in [-0.05, 0) is 140 Å². The van der Waals surface area contributed by atoms with Crippen LogP contribution in [0.4, 0.5) is 34.1 Å². The second-order valence-electron chi connectivity index (χ2n) is 20.3. The minimum absolute atomic E-state index is 0.0258. The van der Waals surface area contributed by atoms with E-state index in [2.05, 4.69) is 235 Å². The van der Waals surface area contributed by atoms with E-state index in [0.29, 0.717) is 0 Å². The van der Waals surface area contributed by atoms with Crippen LogP contribution < -0.4 is 26.4 Å². The Kier molecular flexibility index (Phi) is 8.82. The van der Waals surface area contributed by atoms with Gasteiger partial charge in [0.15, 0.2) is 0 Å². The van der Waals surface area contributed by atoms with Gasteiger partial charge in [0, 0.05) is 39.8 Å². The van der Waals surface area contributed by atoms with Gasteiger partial charge in [0.2, 0.25) is 0 Å². The Morgan fingerprint density at radius 2 is 1.02 bits per heavy atom. The summed E-state index contributed by atoms with van der Waals surface area (Å²) in [5.41, 5.74) is 21.7. The van der Waals surface area contributed by atoms with Crippen molar-refractivity contribution in [1.29, 1.82) is 0 Å². The Morgan fingerprint density at radius 3 is 1.59 bits per heavy atom. The molecule has 8 aromatic rings. The molecular weight excluding hydrogens is 739 g/mol. The van der Waals surface area contributed by atoms with Gasteiger partial charge in [-0.1, -0.05) is 141 Å². The number of fused-ring (bicyclic) bond motifs is 7. The third kappa shape index (κ3) is 6.57. The molecule has 2 aliphatic heterocycles. The molecule has 1 aromatic heterocycles. The predicted molar refractivity (Wildman–Crippen MR) is 261 cm³/mol. The van der Waals surface area contributed by atoms with Crippen LogP contribution in [0.1, 0.15) is 84.6 Å². The molecule has 0 spiro atoms. The van der Waals surface area contributed by atoms with Crippen LogP contribution >= 0.6 is 0 Å². The van der Waals surface area contributed by atoms with Crippen LogP contribution in [0.3, 0.4) is 0 Å². The highest BCUT2D eigenvalue weighted by atomic mass is 15.2. The maximum Gasteiger partial charge on any atom is 0.294 e. The van der Waals surface area contributed by atoms with Gasteiger partial charge in [-0.25, -0.2) is 4.98 Å². The summed E-state index contributed by atoms with van der Waals surface area (Å²) in [5.74, 6) is 0. The van der Waals surface area contributed by atoms with Crippen LogP contribution in [0, 0.1) is 6.92 Å². The van der Waals surface area contributed by atoms with E-state index >= 15 is 0 Å². The maximum atomic E-state index is 5.49. The fraction of sp³-hybridized carbons (Fsp3) is 0.232. The van der Waals surface area contributed by atoms with E-state index in [1.165, 1.54) is 61.4 Å². The Bertz CT molecular complexity index is 2900. The van der Waals surface area contributed by atoms with E-state index in [9.17, 15) is 0 Å². The van der Waals surface area contributed by atoms with Crippen molar-refractivity contribution in [3.63, 3.8) is 0 Å². The van der Waals surface area contributed by atoms with E-state index < -0.39 is 0 Å². The van der Waals surface area contributed by atoms with E-state index in [0.717, 1.165) is 39.5 Å². The second kappa shape index (κ2) is 13.9. The van der Waals surface area contributed by atoms with Crippen molar-refractivity contribution in [3.8, 4) is 16.8 Å². The van der Waals surface area contributed by atoms with Crippen molar-refractivity contribution in [1.82, 2.24) is 9.55 Å². The molecule has 0 saturated carbocycles. The SMILES string of the molecule is Cc1cc2c3c(c1)-n1c(nc4ccc(-c5ccc(C(C)(C)C)cc5)cc41)B3c1ccc(N(c3ccc(C(C)(C)C)cc3)c3ccc(C(C)(C)C)cc3)cc1N2c1ccccc1. The zero-order valence-electron chi connectivity index (χ0n) is 37.3. The monoisotopic (exact) mass is 794 g/mol. The van der Waals surface area contributed by atoms with E-state index in [1.807, 2.05) is 0 Å². The first-order valence-corrected chi connectivity index (χ1v) is 21.8. The van der Waals surface area contributed by atoms with Gasteiger partial charge in [-0.15, -0.1) is 0 Å². The third-order valence-electron chi connectivity index (χ3n) is 12.9. The van der Waals surface area contributed by atoms with Gasteiger partial charge in [-0.2, -0.15) is 0 Å². The first kappa shape index (κ1) is 38.9. The average Bonchev–Trinajstić information content (AvgIpc) is 3.76. The van der Waals surface area contributed by atoms with Crippen LogP contribution in [-0.2, 0) is 16.2 Å². The van der Waals surface area contributed by atoms with Crippen LogP contribution in [0.2, 0.25) is 0 Å². The summed E-state index contributed by atoms with van der Waals surface area (Å²) in [7, 11) is 0. The molecule has 0 saturated heterocycles. The number of para-hydroxylation sites is 1. The average molecular weight is 795 g/mol. The van der Waals surface area contributed by atoms with Gasteiger partial charge >= 0.3 is 0 Å². The van der Waals surface area contributed by atoms with Gasteiger partial charge in [0.05, 0.1) is 16.8 Å². The summed E-state index contributed by atoms with van der Waals surface area (Å²) >= 11 is 0. The first-order chi connectivity index (χ1) is 29.0. The first-order valence-electron chi connectivity index (χ1n) is 21.8. The number of nitrogens with zero attached hydrogens (tertiary/aromatic N) is 4. The topological polar surface area (TPSA) is 24.3 Å². The maximum absolute atomic E-state index is 5.49. The molecular formula is C56H55BN4. The van der Waals surface area contributed by atoms with Crippen LogP contribution in [-0.4, -0.2) is 16.3 Å². The molecule has 0 atom stereocenters. The lowest BCUT2D eigenvalue weighted by atomic mass is 9.39. The fourth-order valence-electron chi connectivity index (χ4n) is 9.49. The summed E-state index contributed by atoms with van der Waals surface area (Å²) < 4.78 is 2.45. The minimum Gasteiger partial charge on any atom is -0.311 e. The molecule has 10 rings (SSSR count). The normalized spacial score (nSPS) is 13.3. The van der Waals surface area contributed by atoms with Crippen molar-refractivity contribution >= 4 is 68.5 Å². The van der Waals surface area contributed by atoms with Gasteiger partial charge in [-0.3, -0.25) is 0 Å². The Morgan fingerprint density at radius 1 is 0.492 bits per heavy atom. The summed E-state index contributed by atoms with van der Waals surface area (Å²) in [5, 5.41) is 0. The fourth-order valence-corrected chi connectivity index (χ4v) is 9.49. The van der Waals surface area contributed by atoms with Crippen molar-refractivity contribution in [2.45, 2.75) is 85.5 Å². The van der Waals surface area contributed by atoms with E-state index in [1.54, 1.807) is 0 Å². The highest BCUT2D eigenvalue weighted by molar-refractivity contribution is 6.99. The molecule has 0 aliphatic carbocycles.